The first-order valence-electron chi connectivity index (χ1n) is 7.00. The summed E-state index contributed by atoms with van der Waals surface area (Å²) in [6, 6.07) is 0. The molecule has 1 rings (SSSR count). The third-order valence-electron chi connectivity index (χ3n) is 3.12. The average molecular weight is 265 g/mol. The summed E-state index contributed by atoms with van der Waals surface area (Å²) < 4.78 is 1.88. The largest absolute Gasteiger partial charge is 0.299 e. The van der Waals surface area contributed by atoms with E-state index in [0.717, 1.165) is 18.7 Å². The van der Waals surface area contributed by atoms with Gasteiger partial charge in [-0.15, -0.1) is 5.10 Å². The normalized spacial score (nSPS) is 12.7. The maximum Gasteiger partial charge on any atom is 0.138 e. The summed E-state index contributed by atoms with van der Waals surface area (Å²) >= 11 is 0. The van der Waals surface area contributed by atoms with Gasteiger partial charge in [0.15, 0.2) is 0 Å². The van der Waals surface area contributed by atoms with E-state index in [2.05, 4.69) is 31.1 Å². The smallest absolute Gasteiger partial charge is 0.138 e. The number of Topliss-reactive ketones (excluding diaryl/α,β-unsaturated/α-hetero) is 1. The van der Waals surface area contributed by atoms with Gasteiger partial charge < -0.3 is 0 Å². The molecule has 0 aliphatic heterocycles. The average Bonchev–Trinajstić information content (AvgIpc) is 2.68. The number of ketones is 1. The SMILES string of the molecule is CC(C)(C)CCn1cc(CCC(=O)C(C)(C)C)nn1. The van der Waals surface area contributed by atoms with Gasteiger partial charge in [0, 0.05) is 31.0 Å². The molecule has 0 radical (unpaired) electrons. The third-order valence-corrected chi connectivity index (χ3v) is 3.12. The summed E-state index contributed by atoms with van der Waals surface area (Å²) in [5, 5.41) is 8.25. The van der Waals surface area contributed by atoms with Crippen molar-refractivity contribution in [3.8, 4) is 0 Å². The van der Waals surface area contributed by atoms with E-state index in [1.165, 1.54) is 0 Å². The van der Waals surface area contributed by atoms with Crippen molar-refractivity contribution in [2.75, 3.05) is 0 Å². The molecule has 0 aliphatic rings. The lowest BCUT2D eigenvalue weighted by Crippen LogP contribution is -2.20. The number of aromatic nitrogens is 3. The van der Waals surface area contributed by atoms with Crippen LogP contribution < -0.4 is 0 Å². The molecule has 0 bridgehead atoms. The predicted octanol–water partition coefficient (Wildman–Crippen LogP) is 3.26. The molecule has 0 N–H and O–H groups in total. The van der Waals surface area contributed by atoms with Crippen molar-refractivity contribution in [3.63, 3.8) is 0 Å². The lowest BCUT2D eigenvalue weighted by Gasteiger charge is -2.17. The van der Waals surface area contributed by atoms with Gasteiger partial charge in [-0.05, 0) is 11.8 Å². The number of carbonyl (C=O) groups is 1. The molecule has 4 nitrogen and oxygen atoms in total. The van der Waals surface area contributed by atoms with Gasteiger partial charge in [-0.2, -0.15) is 0 Å². The van der Waals surface area contributed by atoms with E-state index in [1.54, 1.807) is 0 Å². The van der Waals surface area contributed by atoms with Gasteiger partial charge in [0.2, 0.25) is 0 Å². The highest BCUT2D eigenvalue weighted by Gasteiger charge is 2.21. The fourth-order valence-electron chi connectivity index (χ4n) is 1.63. The van der Waals surface area contributed by atoms with E-state index in [4.69, 9.17) is 0 Å². The molecule has 1 aromatic rings. The Bertz CT molecular complexity index is 421. The Morgan fingerprint density at radius 2 is 1.84 bits per heavy atom. The minimum absolute atomic E-state index is 0.262. The Hall–Kier alpha value is -1.19. The predicted molar refractivity (Wildman–Crippen MR) is 76.9 cm³/mol. The van der Waals surface area contributed by atoms with Crippen LogP contribution in [0.25, 0.3) is 0 Å². The van der Waals surface area contributed by atoms with Crippen LogP contribution in [-0.2, 0) is 17.8 Å². The van der Waals surface area contributed by atoms with Crippen LogP contribution in [0.1, 0.15) is 60.1 Å². The van der Waals surface area contributed by atoms with E-state index in [-0.39, 0.29) is 11.2 Å². The molecule has 1 aromatic heterocycles. The first kappa shape index (κ1) is 15.9. The Balaban J connectivity index is 2.45. The highest BCUT2D eigenvalue weighted by atomic mass is 16.1. The van der Waals surface area contributed by atoms with Gasteiger partial charge in [-0.1, -0.05) is 46.8 Å². The van der Waals surface area contributed by atoms with Crippen LogP contribution in [0.3, 0.4) is 0 Å². The van der Waals surface area contributed by atoms with Gasteiger partial charge in [-0.3, -0.25) is 9.48 Å². The van der Waals surface area contributed by atoms with Gasteiger partial charge in [0.1, 0.15) is 5.78 Å². The number of rotatable bonds is 5. The third kappa shape index (κ3) is 5.99. The highest BCUT2D eigenvalue weighted by molar-refractivity contribution is 5.83. The zero-order chi connectivity index (χ0) is 14.7. The second kappa shape index (κ2) is 5.85. The molecule has 108 valence electrons. The quantitative estimate of drug-likeness (QED) is 0.821. The lowest BCUT2D eigenvalue weighted by molar-refractivity contribution is -0.126. The van der Waals surface area contributed by atoms with Gasteiger partial charge in [0.05, 0.1) is 5.69 Å². The van der Waals surface area contributed by atoms with Crippen molar-refractivity contribution in [3.05, 3.63) is 11.9 Å². The molecule has 0 aliphatic carbocycles. The van der Waals surface area contributed by atoms with Crippen LogP contribution in [0, 0.1) is 10.8 Å². The molecule has 0 spiro atoms. The number of aryl methyl sites for hydroxylation is 2. The number of hydrogen-bond acceptors (Lipinski definition) is 3. The monoisotopic (exact) mass is 265 g/mol. The van der Waals surface area contributed by atoms with E-state index in [0.29, 0.717) is 18.3 Å². The Morgan fingerprint density at radius 1 is 1.21 bits per heavy atom. The van der Waals surface area contributed by atoms with E-state index in [1.807, 2.05) is 31.6 Å². The first-order chi connectivity index (χ1) is 8.58. The lowest BCUT2D eigenvalue weighted by atomic mass is 9.88. The van der Waals surface area contributed by atoms with Gasteiger partial charge >= 0.3 is 0 Å². The Morgan fingerprint density at radius 3 is 2.37 bits per heavy atom. The van der Waals surface area contributed by atoms with Crippen LogP contribution in [0.15, 0.2) is 6.20 Å². The minimum Gasteiger partial charge on any atom is -0.299 e. The van der Waals surface area contributed by atoms with Crippen LogP contribution >= 0.6 is 0 Å². The molecule has 0 saturated heterocycles. The van der Waals surface area contributed by atoms with Crippen LogP contribution in [0.4, 0.5) is 0 Å². The summed E-state index contributed by atoms with van der Waals surface area (Å²) in [5.74, 6) is 0.275. The first-order valence-corrected chi connectivity index (χ1v) is 7.00. The van der Waals surface area contributed by atoms with Crippen LogP contribution in [0.2, 0.25) is 0 Å². The summed E-state index contributed by atoms with van der Waals surface area (Å²) in [7, 11) is 0. The van der Waals surface area contributed by atoms with Crippen molar-refractivity contribution in [1.82, 2.24) is 15.0 Å². The summed E-state index contributed by atoms with van der Waals surface area (Å²) in [4.78, 5) is 11.8. The molecular formula is C15H27N3O. The van der Waals surface area contributed by atoms with E-state index < -0.39 is 0 Å². The van der Waals surface area contributed by atoms with Crippen molar-refractivity contribution < 1.29 is 4.79 Å². The summed E-state index contributed by atoms with van der Waals surface area (Å²) in [6.07, 6.45) is 4.26. The maximum absolute atomic E-state index is 11.8. The van der Waals surface area contributed by atoms with E-state index >= 15 is 0 Å². The molecule has 4 heteroatoms. The van der Waals surface area contributed by atoms with E-state index in [9.17, 15) is 4.79 Å². The highest BCUT2D eigenvalue weighted by Crippen LogP contribution is 2.20. The minimum atomic E-state index is -0.262. The fourth-order valence-corrected chi connectivity index (χ4v) is 1.63. The molecule has 0 amide bonds. The van der Waals surface area contributed by atoms with Crippen molar-refractivity contribution in [2.45, 2.75) is 67.3 Å². The molecule has 19 heavy (non-hydrogen) atoms. The van der Waals surface area contributed by atoms with Gasteiger partial charge in [-0.25, -0.2) is 0 Å². The number of carbonyl (C=O) groups excluding carboxylic acids is 1. The molecule has 0 fully saturated rings. The molecule has 0 atom stereocenters. The summed E-state index contributed by atoms with van der Waals surface area (Å²) in [6.45, 7) is 13.4. The zero-order valence-corrected chi connectivity index (χ0v) is 13.2. The second-order valence-corrected chi connectivity index (χ2v) is 7.46. The summed E-state index contributed by atoms with van der Waals surface area (Å²) in [5.41, 5.74) is 0.947. The zero-order valence-electron chi connectivity index (χ0n) is 13.2. The van der Waals surface area contributed by atoms with Crippen molar-refractivity contribution in [1.29, 1.82) is 0 Å². The van der Waals surface area contributed by atoms with Gasteiger partial charge in [0.25, 0.3) is 0 Å². The van der Waals surface area contributed by atoms with Crippen molar-refractivity contribution >= 4 is 5.78 Å². The Kier molecular flexibility index (Phi) is 4.88. The molecule has 0 unspecified atom stereocenters. The number of hydrogen-bond donors (Lipinski definition) is 0. The second-order valence-electron chi connectivity index (χ2n) is 7.46. The molecule has 0 saturated carbocycles. The Labute approximate surface area is 116 Å². The van der Waals surface area contributed by atoms with Crippen LogP contribution in [-0.4, -0.2) is 20.8 Å². The maximum atomic E-state index is 11.8. The van der Waals surface area contributed by atoms with Crippen LogP contribution in [0.5, 0.6) is 0 Å². The molecule has 1 heterocycles. The topological polar surface area (TPSA) is 47.8 Å². The number of nitrogens with zero attached hydrogens (tertiary/aromatic N) is 3. The van der Waals surface area contributed by atoms with Crippen molar-refractivity contribution in [2.24, 2.45) is 10.8 Å². The standard InChI is InChI=1S/C15H27N3O/c1-14(2,3)9-10-18-11-12(16-17-18)7-8-13(19)15(4,5)6/h11H,7-10H2,1-6H3. The fraction of sp³-hybridized carbons (Fsp3) is 0.800. The molecule has 0 aromatic carbocycles. The molecular weight excluding hydrogens is 238 g/mol.